The molecule has 4 rings (SSSR count). The number of thiophene rings is 1. The van der Waals surface area contributed by atoms with Gasteiger partial charge >= 0.3 is 0 Å². The number of hydrogen-bond donors (Lipinski definition) is 2. The van der Waals surface area contributed by atoms with Crippen LogP contribution in [0.3, 0.4) is 0 Å². The topological polar surface area (TPSA) is 69.2 Å². The first-order valence-electron chi connectivity index (χ1n) is 10.9. The molecule has 1 atom stereocenters. The second kappa shape index (κ2) is 12.5. The summed E-state index contributed by atoms with van der Waals surface area (Å²) in [5.41, 5.74) is 2.59. The van der Waals surface area contributed by atoms with E-state index < -0.39 is 0 Å². The monoisotopic (exact) mass is 569 g/mol. The van der Waals surface area contributed by atoms with Crippen LogP contribution in [0.15, 0.2) is 46.8 Å². The van der Waals surface area contributed by atoms with Crippen molar-refractivity contribution in [2.45, 2.75) is 19.0 Å². The van der Waals surface area contributed by atoms with Gasteiger partial charge in [0.05, 0.1) is 25.8 Å². The number of guanidine groups is 1. The van der Waals surface area contributed by atoms with Crippen LogP contribution in [0.4, 0.5) is 0 Å². The number of rotatable bonds is 6. The van der Waals surface area contributed by atoms with Crippen molar-refractivity contribution in [3.05, 3.63) is 57.8 Å². The number of nitrogens with zero attached hydrogens (tertiary/aromatic N) is 3. The summed E-state index contributed by atoms with van der Waals surface area (Å²) in [6.07, 6.45) is 0.914. The highest BCUT2D eigenvalue weighted by atomic mass is 127. The quantitative estimate of drug-likeness (QED) is 0.318. The van der Waals surface area contributed by atoms with Crippen LogP contribution in [-0.2, 0) is 22.5 Å². The van der Waals surface area contributed by atoms with Crippen LogP contribution in [0, 0.1) is 0 Å². The molecule has 9 heteroatoms. The van der Waals surface area contributed by atoms with Gasteiger partial charge in [0.15, 0.2) is 5.96 Å². The smallest absolute Gasteiger partial charge is 0.242 e. The van der Waals surface area contributed by atoms with Crippen molar-refractivity contribution in [1.82, 2.24) is 20.4 Å². The van der Waals surface area contributed by atoms with Crippen molar-refractivity contribution in [3.63, 3.8) is 0 Å². The summed E-state index contributed by atoms with van der Waals surface area (Å²) in [7, 11) is 1.74. The van der Waals surface area contributed by atoms with Gasteiger partial charge < -0.3 is 20.3 Å². The summed E-state index contributed by atoms with van der Waals surface area (Å²) < 4.78 is 5.52. The van der Waals surface area contributed by atoms with Crippen molar-refractivity contribution in [2.75, 3.05) is 53.0 Å². The molecule has 2 N–H and O–H groups in total. The molecule has 2 aliphatic heterocycles. The first-order valence-corrected chi connectivity index (χ1v) is 11.8. The van der Waals surface area contributed by atoms with Crippen LogP contribution in [0.25, 0.3) is 0 Å². The Bertz CT molecular complexity index is 886. The first-order chi connectivity index (χ1) is 15.2. The molecule has 1 amide bonds. The molecule has 0 spiro atoms. The molecule has 1 fully saturated rings. The van der Waals surface area contributed by atoms with E-state index in [1.165, 1.54) is 16.0 Å². The number of halogens is 1. The lowest BCUT2D eigenvalue weighted by molar-refractivity contribution is -0.130. The molecule has 2 aliphatic rings. The number of benzene rings is 1. The number of amides is 1. The normalized spacial score (nSPS) is 17.8. The van der Waals surface area contributed by atoms with Crippen molar-refractivity contribution < 1.29 is 9.53 Å². The van der Waals surface area contributed by atoms with Gasteiger partial charge in [0.2, 0.25) is 5.91 Å². The van der Waals surface area contributed by atoms with Gasteiger partial charge in [-0.3, -0.25) is 14.7 Å². The number of hydrogen-bond acceptors (Lipinski definition) is 5. The summed E-state index contributed by atoms with van der Waals surface area (Å²) in [6.45, 7) is 5.79. The zero-order valence-electron chi connectivity index (χ0n) is 18.5. The lowest BCUT2D eigenvalue weighted by atomic mass is 10.00. The number of ether oxygens (including phenoxy) is 1. The fourth-order valence-corrected chi connectivity index (χ4v) is 5.03. The SMILES string of the molecule is CN=C(NCC(=O)N1CCc2ccccc2C1)NCC(c1cccs1)N1CCOCC1.I. The molecule has 1 aromatic carbocycles. The van der Waals surface area contributed by atoms with Gasteiger partial charge in [0.25, 0.3) is 0 Å². The third-order valence-electron chi connectivity index (χ3n) is 5.93. The Labute approximate surface area is 211 Å². The van der Waals surface area contributed by atoms with Crippen LogP contribution >= 0.6 is 35.3 Å². The van der Waals surface area contributed by atoms with Crippen LogP contribution in [0.5, 0.6) is 0 Å². The fourth-order valence-electron chi connectivity index (χ4n) is 4.17. The average molecular weight is 570 g/mol. The Kier molecular flexibility index (Phi) is 9.76. The molecule has 1 unspecified atom stereocenters. The molecular weight excluding hydrogens is 537 g/mol. The summed E-state index contributed by atoms with van der Waals surface area (Å²) in [5.74, 6) is 0.751. The zero-order valence-corrected chi connectivity index (χ0v) is 21.6. The van der Waals surface area contributed by atoms with E-state index in [4.69, 9.17) is 4.74 Å². The molecule has 7 nitrogen and oxygen atoms in total. The van der Waals surface area contributed by atoms with Gasteiger partial charge in [0, 0.05) is 44.6 Å². The summed E-state index contributed by atoms with van der Waals surface area (Å²) in [5, 5.41) is 8.74. The van der Waals surface area contributed by atoms with Crippen molar-refractivity contribution >= 4 is 47.2 Å². The highest BCUT2D eigenvalue weighted by Crippen LogP contribution is 2.25. The molecule has 174 valence electrons. The van der Waals surface area contributed by atoms with Crippen LogP contribution < -0.4 is 10.6 Å². The maximum Gasteiger partial charge on any atom is 0.242 e. The van der Waals surface area contributed by atoms with Crippen LogP contribution in [0.1, 0.15) is 22.0 Å². The second-order valence-electron chi connectivity index (χ2n) is 7.82. The molecule has 0 bridgehead atoms. The Morgan fingerprint density at radius 3 is 2.62 bits per heavy atom. The summed E-state index contributed by atoms with van der Waals surface area (Å²) in [6, 6.07) is 12.9. The highest BCUT2D eigenvalue weighted by Gasteiger charge is 2.24. The lowest BCUT2D eigenvalue weighted by Crippen LogP contribution is -2.48. The van der Waals surface area contributed by atoms with Crippen molar-refractivity contribution in [1.29, 1.82) is 0 Å². The van der Waals surface area contributed by atoms with E-state index in [0.717, 1.165) is 45.8 Å². The van der Waals surface area contributed by atoms with E-state index >= 15 is 0 Å². The number of carbonyl (C=O) groups excluding carboxylic acids is 1. The lowest BCUT2D eigenvalue weighted by Gasteiger charge is -2.34. The molecule has 0 saturated carbocycles. The van der Waals surface area contributed by atoms with E-state index in [1.54, 1.807) is 18.4 Å². The number of morpholine rings is 1. The number of fused-ring (bicyclic) bond motifs is 1. The minimum atomic E-state index is 0. The number of aliphatic imine (C=N–C) groups is 1. The zero-order chi connectivity index (χ0) is 21.5. The fraction of sp³-hybridized carbons (Fsp3) is 0.478. The maximum absolute atomic E-state index is 12.8. The minimum Gasteiger partial charge on any atom is -0.379 e. The number of carbonyl (C=O) groups is 1. The molecule has 1 saturated heterocycles. The predicted molar refractivity (Wildman–Crippen MR) is 140 cm³/mol. The van der Waals surface area contributed by atoms with Gasteiger partial charge in [-0.25, -0.2) is 0 Å². The minimum absolute atomic E-state index is 0. The van der Waals surface area contributed by atoms with Gasteiger partial charge in [-0.05, 0) is 29.0 Å². The Morgan fingerprint density at radius 2 is 1.91 bits per heavy atom. The van der Waals surface area contributed by atoms with Crippen LogP contribution in [0.2, 0.25) is 0 Å². The maximum atomic E-state index is 12.8. The standard InChI is InChI=1S/C23H31N5O2S.HI/c1-24-23(25-15-20(21-7-4-14-31-21)27-10-12-30-13-11-27)26-16-22(29)28-9-8-18-5-2-3-6-19(18)17-28;/h2-7,14,20H,8-13,15-17H2,1H3,(H2,24,25,26);1H. The summed E-state index contributed by atoms with van der Waals surface area (Å²) >= 11 is 1.77. The Hall–Kier alpha value is -1.69. The van der Waals surface area contributed by atoms with E-state index in [1.807, 2.05) is 11.0 Å². The van der Waals surface area contributed by atoms with Gasteiger partial charge in [-0.15, -0.1) is 35.3 Å². The van der Waals surface area contributed by atoms with Gasteiger partial charge in [-0.1, -0.05) is 30.3 Å². The van der Waals surface area contributed by atoms with Gasteiger partial charge in [0.1, 0.15) is 0 Å². The van der Waals surface area contributed by atoms with E-state index in [0.29, 0.717) is 12.5 Å². The number of nitrogens with one attached hydrogen (secondary N) is 2. The molecular formula is C23H32IN5O2S. The molecule has 1 aromatic heterocycles. The van der Waals surface area contributed by atoms with Gasteiger partial charge in [-0.2, -0.15) is 0 Å². The molecule has 32 heavy (non-hydrogen) atoms. The van der Waals surface area contributed by atoms with E-state index in [2.05, 4.69) is 56.2 Å². The second-order valence-corrected chi connectivity index (χ2v) is 8.80. The highest BCUT2D eigenvalue weighted by molar-refractivity contribution is 14.0. The third kappa shape index (κ3) is 6.43. The van der Waals surface area contributed by atoms with Crippen molar-refractivity contribution in [2.24, 2.45) is 4.99 Å². The van der Waals surface area contributed by atoms with E-state index in [-0.39, 0.29) is 42.5 Å². The van der Waals surface area contributed by atoms with Crippen molar-refractivity contribution in [3.8, 4) is 0 Å². The molecule has 3 heterocycles. The van der Waals surface area contributed by atoms with Crippen LogP contribution in [-0.4, -0.2) is 74.7 Å². The summed E-state index contributed by atoms with van der Waals surface area (Å²) in [4.78, 5) is 22.8. The Balaban J connectivity index is 0.00000289. The Morgan fingerprint density at radius 1 is 1.12 bits per heavy atom. The van der Waals surface area contributed by atoms with E-state index in [9.17, 15) is 4.79 Å². The molecule has 0 aliphatic carbocycles. The third-order valence-corrected chi connectivity index (χ3v) is 6.91. The predicted octanol–water partition coefficient (Wildman–Crippen LogP) is 2.49. The average Bonchev–Trinajstić information content (AvgIpc) is 3.36. The molecule has 2 aromatic rings. The molecule has 0 radical (unpaired) electrons. The largest absolute Gasteiger partial charge is 0.379 e. The first kappa shape index (κ1) is 24.9.